The fourth-order valence-corrected chi connectivity index (χ4v) is 4.51. The summed E-state index contributed by atoms with van der Waals surface area (Å²) in [5.41, 5.74) is 2.46. The molecule has 12 heteroatoms. The van der Waals surface area contributed by atoms with Gasteiger partial charge in [0.05, 0.1) is 35.9 Å². The van der Waals surface area contributed by atoms with Crippen molar-refractivity contribution in [3.63, 3.8) is 0 Å². The van der Waals surface area contributed by atoms with Crippen LogP contribution in [0.1, 0.15) is 36.8 Å². The highest BCUT2D eigenvalue weighted by molar-refractivity contribution is 6.13. The van der Waals surface area contributed by atoms with Crippen LogP contribution in [0.15, 0.2) is 36.8 Å². The molecule has 11 nitrogen and oxygen atoms in total. The lowest BCUT2D eigenvalue weighted by molar-refractivity contribution is 0.0240. The van der Waals surface area contributed by atoms with E-state index in [1.807, 2.05) is 20.8 Å². The third-order valence-electron chi connectivity index (χ3n) is 6.27. The second-order valence-corrected chi connectivity index (χ2v) is 10.3. The molecule has 1 N–H and O–H groups in total. The maximum absolute atomic E-state index is 14.6. The van der Waals surface area contributed by atoms with Crippen LogP contribution in [0.5, 0.6) is 5.88 Å². The van der Waals surface area contributed by atoms with Gasteiger partial charge in [0.1, 0.15) is 16.6 Å². The van der Waals surface area contributed by atoms with Crippen molar-refractivity contribution in [1.82, 2.24) is 24.3 Å². The van der Waals surface area contributed by atoms with E-state index in [0.717, 1.165) is 5.69 Å². The highest BCUT2D eigenvalue weighted by Crippen LogP contribution is 2.30. The molecule has 1 aliphatic rings. The molecule has 1 saturated heterocycles. The lowest BCUT2D eigenvalue weighted by Crippen LogP contribution is -2.50. The summed E-state index contributed by atoms with van der Waals surface area (Å²) in [5, 5.41) is 2.76. The number of ether oxygens (including phenoxy) is 2. The molecule has 39 heavy (non-hydrogen) atoms. The Morgan fingerprint density at radius 1 is 1.05 bits per heavy atom. The second kappa shape index (κ2) is 10.0. The summed E-state index contributed by atoms with van der Waals surface area (Å²) in [7, 11) is 1.49. The van der Waals surface area contributed by atoms with E-state index in [9.17, 15) is 14.0 Å². The van der Waals surface area contributed by atoms with Crippen molar-refractivity contribution in [2.75, 3.05) is 43.5 Å². The molecule has 0 aliphatic carbocycles. The predicted octanol–water partition coefficient (Wildman–Crippen LogP) is 4.04. The highest BCUT2D eigenvalue weighted by Gasteiger charge is 2.28. The third-order valence-corrected chi connectivity index (χ3v) is 6.27. The fourth-order valence-electron chi connectivity index (χ4n) is 4.51. The van der Waals surface area contributed by atoms with Crippen LogP contribution in [0.25, 0.3) is 16.7 Å². The standard InChI is InChI=1S/C27H30FN7O4/c1-16-14-35-15-17(12-19(28)24(35)30-16)31-25(36)18-6-7-20(23-22(18)29-13-21(32-23)38-5)33-8-10-34(11-9-33)26(37)39-27(2,3)4/h6-7,12-15H,8-11H2,1-5H3,(H,31,36). The minimum atomic E-state index is -0.567. The van der Waals surface area contributed by atoms with Crippen LogP contribution >= 0.6 is 0 Å². The molecule has 0 bridgehead atoms. The molecule has 1 aromatic carbocycles. The number of pyridine rings is 1. The molecule has 0 saturated carbocycles. The van der Waals surface area contributed by atoms with Crippen molar-refractivity contribution in [3.05, 3.63) is 53.9 Å². The molecule has 0 atom stereocenters. The predicted molar refractivity (Wildman–Crippen MR) is 144 cm³/mol. The van der Waals surface area contributed by atoms with E-state index in [1.54, 1.807) is 36.4 Å². The molecule has 1 aliphatic heterocycles. The zero-order chi connectivity index (χ0) is 27.9. The summed E-state index contributed by atoms with van der Waals surface area (Å²) < 4.78 is 26.9. The van der Waals surface area contributed by atoms with Gasteiger partial charge in [-0.25, -0.2) is 24.1 Å². The average molecular weight is 536 g/mol. The van der Waals surface area contributed by atoms with E-state index >= 15 is 0 Å². The SMILES string of the molecule is COc1cnc2c(C(=O)Nc3cc(F)c4nc(C)cn4c3)ccc(N3CCN(C(=O)OC(C)(C)C)CC3)c2n1. The van der Waals surface area contributed by atoms with Crippen LogP contribution in [0.4, 0.5) is 20.6 Å². The normalized spacial score (nSPS) is 14.1. The number of carbonyl (C=O) groups is 2. The van der Waals surface area contributed by atoms with Crippen molar-refractivity contribution >= 4 is 40.1 Å². The molecule has 2 amide bonds. The number of rotatable bonds is 4. The van der Waals surface area contributed by atoms with Crippen LogP contribution in [0.2, 0.25) is 0 Å². The molecule has 4 heterocycles. The molecule has 204 valence electrons. The number of aromatic nitrogens is 4. The van der Waals surface area contributed by atoms with E-state index in [-0.39, 0.29) is 23.0 Å². The van der Waals surface area contributed by atoms with Gasteiger partial charge in [0.25, 0.3) is 5.91 Å². The summed E-state index contributed by atoms with van der Waals surface area (Å²) in [6.07, 6.45) is 4.38. The van der Waals surface area contributed by atoms with Crippen LogP contribution < -0.4 is 15.0 Å². The number of fused-ring (bicyclic) bond motifs is 2. The Hall–Kier alpha value is -4.48. The molecule has 0 unspecified atom stereocenters. The molecule has 1 fully saturated rings. The lowest BCUT2D eigenvalue weighted by atomic mass is 10.1. The number of carbonyl (C=O) groups excluding carboxylic acids is 2. The van der Waals surface area contributed by atoms with Crippen molar-refractivity contribution < 1.29 is 23.5 Å². The first-order valence-corrected chi connectivity index (χ1v) is 12.6. The smallest absolute Gasteiger partial charge is 0.410 e. The molecule has 5 rings (SSSR count). The molecule has 4 aromatic rings. The number of nitrogens with one attached hydrogen (secondary N) is 1. The summed E-state index contributed by atoms with van der Waals surface area (Å²) >= 11 is 0. The summed E-state index contributed by atoms with van der Waals surface area (Å²) in [6.45, 7) is 9.31. The first-order chi connectivity index (χ1) is 18.5. The lowest BCUT2D eigenvalue weighted by Gasteiger charge is -2.37. The van der Waals surface area contributed by atoms with Gasteiger partial charge >= 0.3 is 6.09 Å². The molecule has 0 radical (unpaired) electrons. The van der Waals surface area contributed by atoms with Gasteiger partial charge in [-0.05, 0) is 39.8 Å². The number of halogens is 1. The first kappa shape index (κ1) is 26.1. The summed E-state index contributed by atoms with van der Waals surface area (Å²) in [6, 6.07) is 4.71. The zero-order valence-corrected chi connectivity index (χ0v) is 22.5. The number of anilines is 2. The van der Waals surface area contributed by atoms with E-state index in [2.05, 4.69) is 25.2 Å². The van der Waals surface area contributed by atoms with E-state index in [4.69, 9.17) is 9.47 Å². The zero-order valence-electron chi connectivity index (χ0n) is 22.5. The van der Waals surface area contributed by atoms with Crippen molar-refractivity contribution in [2.45, 2.75) is 33.3 Å². The van der Waals surface area contributed by atoms with Gasteiger partial charge in [-0.1, -0.05) is 0 Å². The number of aryl methyl sites for hydroxylation is 1. The average Bonchev–Trinajstić information content (AvgIpc) is 3.27. The molecule has 0 spiro atoms. The van der Waals surface area contributed by atoms with Gasteiger partial charge < -0.3 is 29.0 Å². The number of amides is 2. The van der Waals surface area contributed by atoms with E-state index in [0.29, 0.717) is 48.8 Å². The summed E-state index contributed by atoms with van der Waals surface area (Å²) in [4.78, 5) is 42.8. The third kappa shape index (κ3) is 5.40. The monoisotopic (exact) mass is 535 g/mol. The van der Waals surface area contributed by atoms with Crippen LogP contribution in [-0.2, 0) is 4.74 Å². The van der Waals surface area contributed by atoms with Crippen molar-refractivity contribution in [2.24, 2.45) is 0 Å². The Bertz CT molecular complexity index is 1570. The van der Waals surface area contributed by atoms with E-state index < -0.39 is 17.3 Å². The van der Waals surface area contributed by atoms with Gasteiger partial charge in [0.2, 0.25) is 5.88 Å². The Morgan fingerprint density at radius 2 is 1.79 bits per heavy atom. The van der Waals surface area contributed by atoms with Crippen molar-refractivity contribution in [3.8, 4) is 5.88 Å². The quantitative estimate of drug-likeness (QED) is 0.417. The molecular weight excluding hydrogens is 505 g/mol. The topological polar surface area (TPSA) is 114 Å². The highest BCUT2D eigenvalue weighted by atomic mass is 19.1. The number of benzene rings is 1. The van der Waals surface area contributed by atoms with Crippen molar-refractivity contribution in [1.29, 1.82) is 0 Å². The number of piperazine rings is 1. The number of imidazole rings is 1. The Morgan fingerprint density at radius 3 is 2.49 bits per heavy atom. The van der Waals surface area contributed by atoms with Gasteiger partial charge in [-0.15, -0.1) is 0 Å². The largest absolute Gasteiger partial charge is 0.480 e. The Balaban J connectivity index is 1.42. The van der Waals surface area contributed by atoms with Gasteiger partial charge in [-0.3, -0.25) is 4.79 Å². The summed E-state index contributed by atoms with van der Waals surface area (Å²) in [5.74, 6) is -0.704. The first-order valence-electron chi connectivity index (χ1n) is 12.6. The number of nitrogens with zero attached hydrogens (tertiary/aromatic N) is 6. The van der Waals surface area contributed by atoms with Gasteiger partial charge in [0, 0.05) is 44.6 Å². The minimum Gasteiger partial charge on any atom is -0.480 e. The molecular formula is C27H30FN7O4. The van der Waals surface area contributed by atoms with Crippen LogP contribution in [0, 0.1) is 12.7 Å². The number of methoxy groups -OCH3 is 1. The van der Waals surface area contributed by atoms with Gasteiger partial charge in [-0.2, -0.15) is 0 Å². The maximum Gasteiger partial charge on any atom is 0.410 e. The second-order valence-electron chi connectivity index (χ2n) is 10.3. The Kier molecular flexibility index (Phi) is 6.71. The number of hydrogen-bond acceptors (Lipinski definition) is 8. The fraction of sp³-hybridized carbons (Fsp3) is 0.370. The van der Waals surface area contributed by atoms with Crippen LogP contribution in [0.3, 0.4) is 0 Å². The van der Waals surface area contributed by atoms with E-state index in [1.165, 1.54) is 23.8 Å². The van der Waals surface area contributed by atoms with Gasteiger partial charge in [0.15, 0.2) is 11.5 Å². The number of hydrogen-bond donors (Lipinski definition) is 1. The van der Waals surface area contributed by atoms with Crippen LogP contribution in [-0.4, -0.2) is 75.1 Å². The minimum absolute atomic E-state index is 0.185. The maximum atomic E-state index is 14.6. The molecule has 3 aromatic heterocycles. The Labute approximate surface area is 224 Å².